The van der Waals surface area contributed by atoms with Gasteiger partial charge in [-0.2, -0.15) is 0 Å². The first kappa shape index (κ1) is 32.5. The number of ether oxygens (including phenoxy) is 2. The molecule has 0 unspecified atom stereocenters. The van der Waals surface area contributed by atoms with Gasteiger partial charge in [0, 0.05) is 18.9 Å². The third-order valence-electron chi connectivity index (χ3n) is 6.43. The number of benzene rings is 2. The van der Waals surface area contributed by atoms with Crippen molar-refractivity contribution in [2.45, 2.75) is 78.8 Å². The second kappa shape index (κ2) is 17.1. The second-order valence-electron chi connectivity index (χ2n) is 10.4. The van der Waals surface area contributed by atoms with E-state index in [-0.39, 0.29) is 49.2 Å². The highest BCUT2D eigenvalue weighted by molar-refractivity contribution is 5.87. The Bertz CT molecular complexity index is 1080. The number of rotatable bonds is 16. The van der Waals surface area contributed by atoms with E-state index in [9.17, 15) is 19.2 Å². The molecule has 0 aliphatic carbocycles. The minimum absolute atomic E-state index is 0.0414. The summed E-state index contributed by atoms with van der Waals surface area (Å²) in [5.74, 6) is -1.69. The lowest BCUT2D eigenvalue weighted by atomic mass is 9.94. The molecule has 0 aromatic heterocycles. The third-order valence-corrected chi connectivity index (χ3v) is 6.43. The summed E-state index contributed by atoms with van der Waals surface area (Å²) in [7, 11) is 0. The fraction of sp³-hybridized carbons (Fsp3) is 0.500. The van der Waals surface area contributed by atoms with E-state index in [0.29, 0.717) is 25.9 Å². The molecule has 2 rings (SSSR count). The van der Waals surface area contributed by atoms with Gasteiger partial charge in [0.2, 0.25) is 11.8 Å². The normalized spacial score (nSPS) is 13.2. The zero-order valence-electron chi connectivity index (χ0n) is 24.4. The monoisotopic (exact) mass is 552 g/mol. The number of esters is 2. The molecule has 2 amide bonds. The van der Waals surface area contributed by atoms with Crippen molar-refractivity contribution in [2.24, 2.45) is 11.8 Å². The van der Waals surface area contributed by atoms with Crippen molar-refractivity contribution in [1.29, 1.82) is 0 Å². The van der Waals surface area contributed by atoms with Crippen LogP contribution < -0.4 is 10.6 Å². The SMILES string of the molecule is CCOC(=O)[C@H](C)C[C@@H](Cc1ccc(-c2ccccc2)cc1)NC(=O)CCC(=O)N[C@@H](CC(C)C)C(=O)OCC. The first-order valence-corrected chi connectivity index (χ1v) is 14.2. The van der Waals surface area contributed by atoms with Crippen LogP contribution in [0.4, 0.5) is 0 Å². The largest absolute Gasteiger partial charge is 0.466 e. The molecule has 0 bridgehead atoms. The second-order valence-corrected chi connectivity index (χ2v) is 10.4. The zero-order valence-corrected chi connectivity index (χ0v) is 24.4. The summed E-state index contributed by atoms with van der Waals surface area (Å²) in [6, 6.07) is 17.1. The summed E-state index contributed by atoms with van der Waals surface area (Å²) >= 11 is 0. The van der Waals surface area contributed by atoms with E-state index in [0.717, 1.165) is 16.7 Å². The van der Waals surface area contributed by atoms with Crippen molar-refractivity contribution in [3.05, 3.63) is 60.2 Å². The molecule has 0 aliphatic rings. The molecule has 0 radical (unpaired) electrons. The van der Waals surface area contributed by atoms with Crippen LogP contribution in [0.3, 0.4) is 0 Å². The molecule has 2 aromatic rings. The molecule has 3 atom stereocenters. The van der Waals surface area contributed by atoms with Gasteiger partial charge in [0.25, 0.3) is 0 Å². The standard InChI is InChI=1S/C32H44N2O6/c1-6-39-31(37)23(5)20-27(21-24-13-15-26(16-14-24)25-11-9-8-10-12-25)33-29(35)17-18-30(36)34-28(19-22(3)4)32(38)40-7-2/h8-16,22-23,27-28H,6-7,17-21H2,1-5H3,(H,33,35)(H,34,36)/t23-,27+,28+/m1/s1. The van der Waals surface area contributed by atoms with Crippen LogP contribution in [0.25, 0.3) is 11.1 Å². The van der Waals surface area contributed by atoms with Gasteiger partial charge in [-0.3, -0.25) is 14.4 Å². The first-order chi connectivity index (χ1) is 19.1. The third kappa shape index (κ3) is 11.6. The van der Waals surface area contributed by atoms with E-state index >= 15 is 0 Å². The molecular formula is C32H44N2O6. The molecule has 0 spiro atoms. The first-order valence-electron chi connectivity index (χ1n) is 14.2. The van der Waals surface area contributed by atoms with E-state index in [1.807, 2.05) is 68.4 Å². The minimum atomic E-state index is -0.743. The van der Waals surface area contributed by atoms with Gasteiger partial charge in [-0.1, -0.05) is 75.4 Å². The molecular weight excluding hydrogens is 508 g/mol. The number of hydrogen-bond donors (Lipinski definition) is 2. The minimum Gasteiger partial charge on any atom is -0.466 e. The molecule has 218 valence electrons. The van der Waals surface area contributed by atoms with E-state index in [4.69, 9.17) is 9.47 Å². The quantitative estimate of drug-likeness (QED) is 0.288. The van der Waals surface area contributed by atoms with Crippen LogP contribution in [0, 0.1) is 11.8 Å². The molecule has 8 heteroatoms. The fourth-order valence-electron chi connectivity index (χ4n) is 4.47. The summed E-state index contributed by atoms with van der Waals surface area (Å²) in [5, 5.41) is 5.71. The summed E-state index contributed by atoms with van der Waals surface area (Å²) in [6.07, 6.45) is 1.27. The van der Waals surface area contributed by atoms with Crippen LogP contribution in [0.2, 0.25) is 0 Å². The summed E-state index contributed by atoms with van der Waals surface area (Å²) < 4.78 is 10.2. The molecule has 0 saturated carbocycles. The van der Waals surface area contributed by atoms with Gasteiger partial charge in [-0.25, -0.2) is 4.79 Å². The van der Waals surface area contributed by atoms with Crippen LogP contribution in [0.15, 0.2) is 54.6 Å². The van der Waals surface area contributed by atoms with Crippen molar-refractivity contribution in [2.75, 3.05) is 13.2 Å². The van der Waals surface area contributed by atoms with Crippen LogP contribution in [-0.2, 0) is 35.1 Å². The average Bonchev–Trinajstić information content (AvgIpc) is 2.92. The van der Waals surface area contributed by atoms with Gasteiger partial charge in [-0.05, 0) is 55.7 Å². The lowest BCUT2D eigenvalue weighted by Crippen LogP contribution is -2.43. The maximum Gasteiger partial charge on any atom is 0.328 e. The summed E-state index contributed by atoms with van der Waals surface area (Å²) in [4.78, 5) is 49.9. The van der Waals surface area contributed by atoms with Crippen molar-refractivity contribution in [3.8, 4) is 11.1 Å². The van der Waals surface area contributed by atoms with Gasteiger partial charge in [0.1, 0.15) is 6.04 Å². The Morgan fingerprint density at radius 3 is 1.82 bits per heavy atom. The lowest BCUT2D eigenvalue weighted by Gasteiger charge is -2.22. The molecule has 8 nitrogen and oxygen atoms in total. The van der Waals surface area contributed by atoms with E-state index in [2.05, 4.69) is 10.6 Å². The number of amides is 2. The molecule has 0 fully saturated rings. The van der Waals surface area contributed by atoms with Crippen LogP contribution >= 0.6 is 0 Å². The van der Waals surface area contributed by atoms with Crippen LogP contribution in [-0.4, -0.2) is 49.1 Å². The van der Waals surface area contributed by atoms with Gasteiger partial charge in [-0.15, -0.1) is 0 Å². The highest BCUT2D eigenvalue weighted by Gasteiger charge is 2.25. The fourth-order valence-corrected chi connectivity index (χ4v) is 4.47. The predicted octanol–water partition coefficient (Wildman–Crippen LogP) is 4.84. The lowest BCUT2D eigenvalue weighted by molar-refractivity contribution is -0.148. The van der Waals surface area contributed by atoms with Crippen molar-refractivity contribution in [1.82, 2.24) is 10.6 Å². The van der Waals surface area contributed by atoms with E-state index in [1.165, 1.54) is 0 Å². The molecule has 0 heterocycles. The molecule has 0 saturated heterocycles. The zero-order chi connectivity index (χ0) is 29.5. The highest BCUT2D eigenvalue weighted by atomic mass is 16.5. The van der Waals surface area contributed by atoms with Crippen LogP contribution in [0.5, 0.6) is 0 Å². The van der Waals surface area contributed by atoms with Gasteiger partial charge in [0.05, 0.1) is 19.1 Å². The Morgan fingerprint density at radius 1 is 0.700 bits per heavy atom. The van der Waals surface area contributed by atoms with Gasteiger partial charge < -0.3 is 20.1 Å². The maximum absolute atomic E-state index is 12.9. The van der Waals surface area contributed by atoms with Crippen molar-refractivity contribution in [3.63, 3.8) is 0 Å². The highest BCUT2D eigenvalue weighted by Crippen LogP contribution is 2.21. The smallest absolute Gasteiger partial charge is 0.328 e. The van der Waals surface area contributed by atoms with Crippen molar-refractivity contribution >= 4 is 23.8 Å². The van der Waals surface area contributed by atoms with Gasteiger partial charge >= 0.3 is 11.9 Å². The predicted molar refractivity (Wildman–Crippen MR) is 155 cm³/mol. The number of carbonyl (C=O) groups excluding carboxylic acids is 4. The Labute approximate surface area is 238 Å². The summed E-state index contributed by atoms with van der Waals surface area (Å²) in [5.41, 5.74) is 3.23. The molecule has 2 N–H and O–H groups in total. The van der Waals surface area contributed by atoms with E-state index < -0.39 is 17.9 Å². The Morgan fingerprint density at radius 2 is 1.25 bits per heavy atom. The molecule has 0 aliphatic heterocycles. The molecule has 2 aromatic carbocycles. The Hall–Kier alpha value is -3.68. The number of hydrogen-bond acceptors (Lipinski definition) is 6. The Balaban J connectivity index is 2.02. The maximum atomic E-state index is 12.9. The number of carbonyl (C=O) groups is 4. The summed E-state index contributed by atoms with van der Waals surface area (Å²) in [6.45, 7) is 9.70. The van der Waals surface area contributed by atoms with E-state index in [1.54, 1.807) is 20.8 Å². The topological polar surface area (TPSA) is 111 Å². The molecule has 40 heavy (non-hydrogen) atoms. The Kier molecular flexibility index (Phi) is 13.9. The van der Waals surface area contributed by atoms with Gasteiger partial charge in [0.15, 0.2) is 0 Å². The van der Waals surface area contributed by atoms with Crippen LogP contribution in [0.1, 0.15) is 65.9 Å². The average molecular weight is 553 g/mol. The number of nitrogens with one attached hydrogen (secondary N) is 2. The van der Waals surface area contributed by atoms with Crippen molar-refractivity contribution < 1.29 is 28.7 Å².